The van der Waals surface area contributed by atoms with Gasteiger partial charge in [0.25, 0.3) is 0 Å². The standard InChI is InChI=1S/C27H42N2O5/c1-19(7-14-23-16-27(18-32-27)17-26(3,4)34-23)6-9-21-10-12-22(13-11-21)29-24(30)15-8-20(2)33-25(31)28-5/h6-8,14-15,20-23H,9-13,16-18H2,1-5H3,(H,28,31)(H,29,30)/b14-7+,15-8-,19-6+/t20-,21-,22+,23+,27+/m0/s1. The summed E-state index contributed by atoms with van der Waals surface area (Å²) in [6.45, 7) is 9.04. The molecule has 3 aliphatic rings. The van der Waals surface area contributed by atoms with E-state index in [1.165, 1.54) is 18.7 Å². The highest BCUT2D eigenvalue weighted by Crippen LogP contribution is 2.46. The van der Waals surface area contributed by atoms with Gasteiger partial charge in [0.2, 0.25) is 5.91 Å². The molecule has 7 heteroatoms. The predicted octanol–water partition coefficient (Wildman–Crippen LogP) is 4.58. The van der Waals surface area contributed by atoms with Gasteiger partial charge in [-0.1, -0.05) is 23.8 Å². The average Bonchev–Trinajstić information content (AvgIpc) is 3.51. The summed E-state index contributed by atoms with van der Waals surface area (Å²) >= 11 is 0. The molecule has 3 fully saturated rings. The summed E-state index contributed by atoms with van der Waals surface area (Å²) in [7, 11) is 1.50. The van der Waals surface area contributed by atoms with Crippen molar-refractivity contribution in [1.82, 2.24) is 10.6 Å². The number of allylic oxidation sites excluding steroid dienone is 3. The highest BCUT2D eigenvalue weighted by Gasteiger charge is 2.53. The fourth-order valence-electron chi connectivity index (χ4n) is 5.10. The van der Waals surface area contributed by atoms with Crippen molar-refractivity contribution in [3.63, 3.8) is 0 Å². The van der Waals surface area contributed by atoms with Gasteiger partial charge in [-0.15, -0.1) is 0 Å². The molecule has 0 bridgehead atoms. The lowest BCUT2D eigenvalue weighted by Gasteiger charge is -2.38. The monoisotopic (exact) mass is 474 g/mol. The molecule has 7 nitrogen and oxygen atoms in total. The normalized spacial score (nSPS) is 32.0. The third-order valence-corrected chi connectivity index (χ3v) is 6.90. The van der Waals surface area contributed by atoms with Crippen molar-refractivity contribution in [2.75, 3.05) is 13.7 Å². The first-order valence-electron chi connectivity index (χ1n) is 12.6. The number of amides is 2. The maximum Gasteiger partial charge on any atom is 0.407 e. The molecule has 1 spiro atoms. The van der Waals surface area contributed by atoms with Crippen LogP contribution in [0.5, 0.6) is 0 Å². The molecule has 0 radical (unpaired) electrons. The molecule has 0 aromatic heterocycles. The Balaban J connectivity index is 1.35. The summed E-state index contributed by atoms with van der Waals surface area (Å²) in [5.41, 5.74) is 1.19. The second kappa shape index (κ2) is 11.5. The molecule has 0 aromatic carbocycles. The number of carbonyl (C=O) groups is 2. The van der Waals surface area contributed by atoms with E-state index in [-0.39, 0.29) is 29.3 Å². The van der Waals surface area contributed by atoms with Crippen molar-refractivity contribution in [1.29, 1.82) is 0 Å². The maximum absolute atomic E-state index is 12.2. The number of nitrogens with one attached hydrogen (secondary N) is 2. The number of hydrogen-bond donors (Lipinski definition) is 2. The van der Waals surface area contributed by atoms with Gasteiger partial charge in [0, 0.05) is 32.0 Å². The lowest BCUT2D eigenvalue weighted by Crippen LogP contribution is -2.43. The molecule has 0 unspecified atom stereocenters. The third kappa shape index (κ3) is 8.58. The van der Waals surface area contributed by atoms with Gasteiger partial charge in [-0.3, -0.25) is 4.79 Å². The van der Waals surface area contributed by atoms with Crippen molar-refractivity contribution in [2.45, 2.75) is 102 Å². The molecule has 0 aromatic rings. The Morgan fingerprint density at radius 2 is 1.88 bits per heavy atom. The van der Waals surface area contributed by atoms with Gasteiger partial charge in [0.15, 0.2) is 0 Å². The number of ether oxygens (including phenoxy) is 3. The van der Waals surface area contributed by atoms with Crippen LogP contribution in [-0.2, 0) is 19.0 Å². The van der Waals surface area contributed by atoms with Crippen molar-refractivity contribution in [3.8, 4) is 0 Å². The SMILES string of the molecule is CNC(=O)O[C@@H](C)/C=C\C(=O)N[C@H]1CC[C@@H](C/C=C(C)/C=C/[C@@H]2C[C@]3(CO3)CC(C)(C)O2)CC1. The van der Waals surface area contributed by atoms with Crippen LogP contribution < -0.4 is 10.6 Å². The van der Waals surface area contributed by atoms with Crippen LogP contribution in [0.2, 0.25) is 0 Å². The zero-order chi connectivity index (χ0) is 24.8. The van der Waals surface area contributed by atoms with Crippen LogP contribution in [0.1, 0.15) is 72.6 Å². The van der Waals surface area contributed by atoms with Gasteiger partial charge in [0.1, 0.15) is 6.10 Å². The van der Waals surface area contributed by atoms with E-state index in [1.54, 1.807) is 13.0 Å². The molecule has 2 N–H and O–H groups in total. The molecule has 34 heavy (non-hydrogen) atoms. The summed E-state index contributed by atoms with van der Waals surface area (Å²) in [4.78, 5) is 23.3. The minimum atomic E-state index is -0.511. The largest absolute Gasteiger partial charge is 0.442 e. The number of hydrogen-bond acceptors (Lipinski definition) is 5. The molecular formula is C27H42N2O5. The summed E-state index contributed by atoms with van der Waals surface area (Å²) in [5.74, 6) is 0.518. The molecule has 2 amide bonds. The maximum atomic E-state index is 12.2. The Labute approximate surface area is 204 Å². The van der Waals surface area contributed by atoms with Crippen molar-refractivity contribution < 1.29 is 23.8 Å². The van der Waals surface area contributed by atoms with Crippen LogP contribution in [0, 0.1) is 5.92 Å². The van der Waals surface area contributed by atoms with Gasteiger partial charge in [-0.05, 0) is 71.8 Å². The molecular weight excluding hydrogens is 432 g/mol. The Morgan fingerprint density at radius 3 is 2.53 bits per heavy atom. The molecule has 2 heterocycles. The molecule has 190 valence electrons. The second-order valence-corrected chi connectivity index (χ2v) is 10.8. The predicted molar refractivity (Wildman–Crippen MR) is 132 cm³/mol. The zero-order valence-corrected chi connectivity index (χ0v) is 21.4. The van der Waals surface area contributed by atoms with E-state index in [1.807, 2.05) is 0 Å². The van der Waals surface area contributed by atoms with Crippen LogP contribution in [-0.4, -0.2) is 55.1 Å². The lowest BCUT2D eigenvalue weighted by atomic mass is 9.83. The van der Waals surface area contributed by atoms with Crippen LogP contribution in [0.3, 0.4) is 0 Å². The summed E-state index contributed by atoms with van der Waals surface area (Å²) in [5, 5.41) is 5.46. The smallest absolute Gasteiger partial charge is 0.407 e. The first-order valence-corrected chi connectivity index (χ1v) is 12.6. The number of carbonyl (C=O) groups excluding carboxylic acids is 2. The second-order valence-electron chi connectivity index (χ2n) is 10.8. The van der Waals surface area contributed by atoms with Crippen LogP contribution in [0.4, 0.5) is 4.79 Å². The summed E-state index contributed by atoms with van der Waals surface area (Å²) in [6, 6.07) is 0.206. The Bertz CT molecular complexity index is 798. The van der Waals surface area contributed by atoms with Crippen molar-refractivity contribution >= 4 is 12.0 Å². The Hall–Kier alpha value is -2.12. The minimum Gasteiger partial charge on any atom is -0.442 e. The molecule has 2 saturated heterocycles. The average molecular weight is 475 g/mol. The summed E-state index contributed by atoms with van der Waals surface area (Å²) in [6.07, 6.45) is 16.1. The first-order chi connectivity index (χ1) is 16.1. The fourth-order valence-corrected chi connectivity index (χ4v) is 5.10. The van der Waals surface area contributed by atoms with E-state index in [9.17, 15) is 9.59 Å². The highest BCUT2D eigenvalue weighted by molar-refractivity contribution is 5.87. The van der Waals surface area contributed by atoms with Gasteiger partial charge >= 0.3 is 6.09 Å². The van der Waals surface area contributed by atoms with Crippen molar-refractivity contribution in [3.05, 3.63) is 36.0 Å². The van der Waals surface area contributed by atoms with Gasteiger partial charge in [0.05, 0.1) is 23.9 Å². The number of alkyl carbamates (subject to hydrolysis) is 1. The molecule has 1 aliphatic carbocycles. The van der Waals surface area contributed by atoms with Gasteiger partial charge in [-0.25, -0.2) is 4.79 Å². The highest BCUT2D eigenvalue weighted by atomic mass is 16.6. The van der Waals surface area contributed by atoms with Gasteiger partial charge < -0.3 is 24.8 Å². The van der Waals surface area contributed by atoms with E-state index >= 15 is 0 Å². The van der Waals surface area contributed by atoms with Crippen molar-refractivity contribution in [2.24, 2.45) is 5.92 Å². The van der Waals surface area contributed by atoms with E-state index in [4.69, 9.17) is 14.2 Å². The minimum absolute atomic E-state index is 0.0514. The van der Waals surface area contributed by atoms with Crippen LogP contribution in [0.15, 0.2) is 36.0 Å². The zero-order valence-electron chi connectivity index (χ0n) is 21.4. The lowest BCUT2D eigenvalue weighted by molar-refractivity contribution is -0.117. The quantitative estimate of drug-likeness (QED) is 0.305. The molecule has 3 rings (SSSR count). The van der Waals surface area contributed by atoms with E-state index < -0.39 is 12.2 Å². The first kappa shape index (κ1) is 26.5. The number of rotatable bonds is 8. The molecule has 1 saturated carbocycles. The summed E-state index contributed by atoms with van der Waals surface area (Å²) < 4.78 is 17.0. The van der Waals surface area contributed by atoms with Crippen LogP contribution in [0.25, 0.3) is 0 Å². The Morgan fingerprint density at radius 1 is 1.18 bits per heavy atom. The van der Waals surface area contributed by atoms with E-state index in [2.05, 4.69) is 49.6 Å². The van der Waals surface area contributed by atoms with Crippen LogP contribution >= 0.6 is 0 Å². The number of epoxide rings is 1. The van der Waals surface area contributed by atoms with E-state index in [0.29, 0.717) is 5.92 Å². The van der Waals surface area contributed by atoms with Gasteiger partial charge in [-0.2, -0.15) is 0 Å². The molecule has 3 atom stereocenters. The Kier molecular flexibility index (Phi) is 8.99. The fraction of sp³-hybridized carbons (Fsp3) is 0.704. The van der Waals surface area contributed by atoms with E-state index in [0.717, 1.165) is 51.6 Å². The topological polar surface area (TPSA) is 89.2 Å². The third-order valence-electron chi connectivity index (χ3n) is 6.90. The molecule has 2 aliphatic heterocycles.